The average Bonchev–Trinajstić information content (AvgIpc) is 3.42. The van der Waals surface area contributed by atoms with Crippen LogP contribution in [0.2, 0.25) is 5.02 Å². The van der Waals surface area contributed by atoms with Gasteiger partial charge in [0.2, 0.25) is 0 Å². The van der Waals surface area contributed by atoms with Gasteiger partial charge in [0.25, 0.3) is 0 Å². The highest BCUT2D eigenvalue weighted by Crippen LogP contribution is 2.32. The van der Waals surface area contributed by atoms with E-state index in [1.807, 2.05) is 19.1 Å². The number of piperidine rings is 1. The van der Waals surface area contributed by atoms with Crippen molar-refractivity contribution in [2.75, 3.05) is 37.6 Å². The SMILES string of the molecule is C=C(c1ccc(Cl)cc1)N1CCC(N2C[C@@H](C)N(c3ccc(C4=NNC(=NCC)C4)nc3C)CC2CC)CC1. The van der Waals surface area contributed by atoms with Crippen molar-refractivity contribution in [3.05, 3.63) is 65.0 Å². The van der Waals surface area contributed by atoms with Crippen molar-refractivity contribution in [2.45, 2.75) is 71.5 Å². The number of rotatable bonds is 7. The van der Waals surface area contributed by atoms with Gasteiger partial charge in [0.1, 0.15) is 5.84 Å². The number of hydrogen-bond donors (Lipinski definition) is 1. The number of likely N-dealkylation sites (tertiary alicyclic amines) is 1. The molecule has 0 bridgehead atoms. The Balaban J connectivity index is 1.22. The molecule has 4 heterocycles. The van der Waals surface area contributed by atoms with Crippen LogP contribution in [-0.4, -0.2) is 77.2 Å². The summed E-state index contributed by atoms with van der Waals surface area (Å²) in [4.78, 5) is 17.2. The van der Waals surface area contributed by atoms with Crippen LogP contribution in [0.25, 0.3) is 5.70 Å². The molecule has 3 aliphatic rings. The summed E-state index contributed by atoms with van der Waals surface area (Å²) >= 11 is 6.09. The molecule has 5 rings (SSSR count). The van der Waals surface area contributed by atoms with Crippen LogP contribution in [0.1, 0.15) is 63.4 Å². The molecular weight excluding hydrogens is 506 g/mol. The first kappa shape index (κ1) is 27.7. The number of nitrogens with zero attached hydrogens (tertiary/aromatic N) is 6. The lowest BCUT2D eigenvalue weighted by molar-refractivity contribution is 0.0643. The van der Waals surface area contributed by atoms with Gasteiger partial charge in [0, 0.05) is 61.6 Å². The number of aromatic nitrogens is 1. The maximum absolute atomic E-state index is 6.09. The Hall–Kier alpha value is -2.90. The number of hydrogen-bond acceptors (Lipinski definition) is 6. The number of pyridine rings is 1. The minimum Gasteiger partial charge on any atom is -0.371 e. The van der Waals surface area contributed by atoms with Crippen LogP contribution >= 0.6 is 11.6 Å². The molecule has 0 spiro atoms. The summed E-state index contributed by atoms with van der Waals surface area (Å²) in [7, 11) is 0. The van der Waals surface area contributed by atoms with E-state index in [0.29, 0.717) is 18.1 Å². The Morgan fingerprint density at radius 2 is 1.85 bits per heavy atom. The smallest absolute Gasteiger partial charge is 0.123 e. The number of anilines is 1. The molecule has 1 unspecified atom stereocenters. The number of aryl methyl sites for hydroxylation is 1. The second-order valence-electron chi connectivity index (χ2n) is 11.0. The zero-order chi connectivity index (χ0) is 27.5. The minimum atomic E-state index is 0.426. The molecule has 7 nitrogen and oxygen atoms in total. The quantitative estimate of drug-likeness (QED) is 0.490. The van der Waals surface area contributed by atoms with E-state index < -0.39 is 0 Å². The van der Waals surface area contributed by atoms with Crippen molar-refractivity contribution in [1.29, 1.82) is 0 Å². The molecular formula is C31H42ClN7. The predicted molar refractivity (Wildman–Crippen MR) is 164 cm³/mol. The summed E-state index contributed by atoms with van der Waals surface area (Å²) in [5.74, 6) is 0.923. The summed E-state index contributed by atoms with van der Waals surface area (Å²) < 4.78 is 0. The zero-order valence-electron chi connectivity index (χ0n) is 23.8. The Kier molecular flexibility index (Phi) is 8.57. The molecule has 1 N–H and O–H groups in total. The fourth-order valence-electron chi connectivity index (χ4n) is 6.32. The topological polar surface area (TPSA) is 59.4 Å². The average molecular weight is 548 g/mol. The Morgan fingerprint density at radius 1 is 1.10 bits per heavy atom. The summed E-state index contributed by atoms with van der Waals surface area (Å²) in [5, 5.41) is 5.23. The first-order valence-corrected chi connectivity index (χ1v) is 14.8. The molecule has 208 valence electrons. The van der Waals surface area contributed by atoms with E-state index in [1.165, 1.54) is 18.5 Å². The maximum atomic E-state index is 6.09. The van der Waals surface area contributed by atoms with Gasteiger partial charge >= 0.3 is 0 Å². The molecule has 2 aromatic rings. The van der Waals surface area contributed by atoms with Crippen molar-refractivity contribution in [2.24, 2.45) is 10.1 Å². The lowest BCUT2D eigenvalue weighted by Gasteiger charge is -2.51. The summed E-state index contributed by atoms with van der Waals surface area (Å²) in [6.45, 7) is 18.2. The van der Waals surface area contributed by atoms with Crippen molar-refractivity contribution in [3.8, 4) is 0 Å². The van der Waals surface area contributed by atoms with Crippen molar-refractivity contribution >= 4 is 34.5 Å². The fourth-order valence-corrected chi connectivity index (χ4v) is 6.45. The van der Waals surface area contributed by atoms with Crippen LogP contribution in [0.3, 0.4) is 0 Å². The van der Waals surface area contributed by atoms with Crippen LogP contribution in [-0.2, 0) is 0 Å². The highest BCUT2D eigenvalue weighted by atomic mass is 35.5. The maximum Gasteiger partial charge on any atom is 0.123 e. The molecule has 2 saturated heterocycles. The van der Waals surface area contributed by atoms with E-state index in [-0.39, 0.29) is 0 Å². The molecule has 2 atom stereocenters. The Bertz CT molecular complexity index is 1230. The highest BCUT2D eigenvalue weighted by molar-refractivity contribution is 6.30. The highest BCUT2D eigenvalue weighted by Gasteiger charge is 2.37. The number of nitrogens with one attached hydrogen (secondary N) is 1. The number of benzene rings is 1. The third-order valence-corrected chi connectivity index (χ3v) is 8.77. The zero-order valence-corrected chi connectivity index (χ0v) is 24.6. The molecule has 0 radical (unpaired) electrons. The van der Waals surface area contributed by atoms with Crippen molar-refractivity contribution < 1.29 is 0 Å². The second kappa shape index (κ2) is 12.1. The van der Waals surface area contributed by atoms with Gasteiger partial charge in [-0.25, -0.2) is 4.98 Å². The first-order chi connectivity index (χ1) is 18.9. The molecule has 1 aromatic heterocycles. The number of hydrazone groups is 1. The van der Waals surface area contributed by atoms with E-state index in [4.69, 9.17) is 16.6 Å². The van der Waals surface area contributed by atoms with Gasteiger partial charge in [0.05, 0.1) is 29.2 Å². The Labute approximate surface area is 238 Å². The number of piperazine rings is 1. The summed E-state index contributed by atoms with van der Waals surface area (Å²) in [6.07, 6.45) is 4.21. The van der Waals surface area contributed by atoms with Crippen LogP contribution < -0.4 is 10.3 Å². The summed E-state index contributed by atoms with van der Waals surface area (Å²) in [6, 6.07) is 14.0. The monoisotopic (exact) mass is 547 g/mol. The minimum absolute atomic E-state index is 0.426. The van der Waals surface area contributed by atoms with Gasteiger partial charge in [-0.05, 0) is 69.9 Å². The lowest BCUT2D eigenvalue weighted by Crippen LogP contribution is -2.61. The molecule has 3 aliphatic heterocycles. The third-order valence-electron chi connectivity index (χ3n) is 8.51. The molecule has 0 saturated carbocycles. The number of aliphatic imine (C=N–C) groups is 1. The molecule has 39 heavy (non-hydrogen) atoms. The van der Waals surface area contributed by atoms with Gasteiger partial charge in [0.15, 0.2) is 0 Å². The van der Waals surface area contributed by atoms with Gasteiger partial charge in [-0.2, -0.15) is 5.10 Å². The van der Waals surface area contributed by atoms with Crippen LogP contribution in [0.5, 0.6) is 0 Å². The van der Waals surface area contributed by atoms with Gasteiger partial charge in [-0.1, -0.05) is 37.2 Å². The normalized spacial score (nSPS) is 23.7. The van der Waals surface area contributed by atoms with Crippen LogP contribution in [0, 0.1) is 6.92 Å². The second-order valence-corrected chi connectivity index (χ2v) is 11.4. The van der Waals surface area contributed by atoms with E-state index in [1.54, 1.807) is 0 Å². The van der Waals surface area contributed by atoms with E-state index in [0.717, 1.165) is 84.8 Å². The number of halogens is 1. The molecule has 2 fully saturated rings. The van der Waals surface area contributed by atoms with Gasteiger partial charge < -0.3 is 9.80 Å². The number of amidine groups is 1. The van der Waals surface area contributed by atoms with Crippen molar-refractivity contribution in [3.63, 3.8) is 0 Å². The van der Waals surface area contributed by atoms with Crippen LogP contribution in [0.15, 0.2) is 53.1 Å². The largest absolute Gasteiger partial charge is 0.371 e. The van der Waals surface area contributed by atoms with Gasteiger partial charge in [-0.3, -0.25) is 15.3 Å². The van der Waals surface area contributed by atoms with Gasteiger partial charge in [-0.15, -0.1) is 0 Å². The predicted octanol–water partition coefficient (Wildman–Crippen LogP) is 5.58. The van der Waals surface area contributed by atoms with E-state index in [2.05, 4.69) is 81.8 Å². The third kappa shape index (κ3) is 5.99. The fraction of sp³-hybridized carbons (Fsp3) is 0.516. The molecule has 0 amide bonds. The lowest BCUT2D eigenvalue weighted by atomic mass is 9.95. The molecule has 1 aromatic carbocycles. The van der Waals surface area contributed by atoms with E-state index >= 15 is 0 Å². The summed E-state index contributed by atoms with van der Waals surface area (Å²) in [5.41, 5.74) is 9.53. The first-order valence-electron chi connectivity index (χ1n) is 14.4. The molecule has 0 aliphatic carbocycles. The van der Waals surface area contributed by atoms with E-state index in [9.17, 15) is 0 Å². The Morgan fingerprint density at radius 3 is 2.51 bits per heavy atom. The standard InChI is InChI=1S/C31H42ClN7/c1-6-26-20-38(30-13-12-28(34-22(30)4)29-18-31(33-7-2)36-35-29)21(3)19-39(26)27-14-16-37(17-15-27)23(5)24-8-10-25(32)11-9-24/h8-13,21,26-27H,5-7,14-20H2,1-4H3,(H,33,36)/t21-,26?/m1/s1. The van der Waals surface area contributed by atoms with Crippen molar-refractivity contribution in [1.82, 2.24) is 20.2 Å². The molecule has 8 heteroatoms. The van der Waals surface area contributed by atoms with Crippen LogP contribution in [0.4, 0.5) is 5.69 Å².